The molecule has 0 saturated heterocycles. The standard InChI is InChI=1S/C16H18BrNO2S/c1-2-3-8-20-14-6-4-12(5-7-14)16(19)18-10-15-9-13(17)11-21-15/h4-7,9,11H,2-3,8,10H2,1H3,(H,18,19). The number of hydrogen-bond acceptors (Lipinski definition) is 3. The number of amides is 1. The third-order valence-corrected chi connectivity index (χ3v) is 4.63. The van der Waals surface area contributed by atoms with Crippen molar-refractivity contribution in [2.24, 2.45) is 0 Å². The van der Waals surface area contributed by atoms with E-state index < -0.39 is 0 Å². The summed E-state index contributed by atoms with van der Waals surface area (Å²) in [5, 5.41) is 4.91. The molecule has 0 atom stereocenters. The SMILES string of the molecule is CCCCOc1ccc(C(=O)NCc2cc(Br)cs2)cc1. The van der Waals surface area contributed by atoms with E-state index in [2.05, 4.69) is 28.2 Å². The first-order valence-corrected chi connectivity index (χ1v) is 8.60. The van der Waals surface area contributed by atoms with E-state index >= 15 is 0 Å². The predicted octanol–water partition coefficient (Wildman–Crippen LogP) is 4.62. The van der Waals surface area contributed by atoms with Gasteiger partial charge in [0.05, 0.1) is 13.2 Å². The number of thiophene rings is 1. The van der Waals surface area contributed by atoms with Gasteiger partial charge in [0.1, 0.15) is 5.75 Å². The first-order valence-electron chi connectivity index (χ1n) is 6.93. The molecule has 0 aliphatic carbocycles. The lowest BCUT2D eigenvalue weighted by atomic mass is 10.2. The molecule has 3 nitrogen and oxygen atoms in total. The molecule has 0 radical (unpaired) electrons. The maximum absolute atomic E-state index is 12.0. The summed E-state index contributed by atoms with van der Waals surface area (Å²) in [6.45, 7) is 3.39. The zero-order chi connectivity index (χ0) is 15.1. The van der Waals surface area contributed by atoms with Gasteiger partial charge in [-0.05, 0) is 52.7 Å². The van der Waals surface area contributed by atoms with Crippen molar-refractivity contribution in [3.05, 3.63) is 50.6 Å². The van der Waals surface area contributed by atoms with Crippen LogP contribution < -0.4 is 10.1 Å². The van der Waals surface area contributed by atoms with Crippen molar-refractivity contribution in [2.45, 2.75) is 26.3 Å². The molecule has 1 heterocycles. The molecule has 1 N–H and O–H groups in total. The molecule has 0 bridgehead atoms. The lowest BCUT2D eigenvalue weighted by Gasteiger charge is -2.07. The van der Waals surface area contributed by atoms with Crippen LogP contribution in [-0.4, -0.2) is 12.5 Å². The molecule has 2 aromatic rings. The first-order chi connectivity index (χ1) is 10.2. The Bertz CT molecular complexity index is 580. The van der Waals surface area contributed by atoms with Gasteiger partial charge in [0.25, 0.3) is 5.91 Å². The summed E-state index contributed by atoms with van der Waals surface area (Å²) in [6.07, 6.45) is 2.15. The van der Waals surface area contributed by atoms with Crippen molar-refractivity contribution in [2.75, 3.05) is 6.61 Å². The van der Waals surface area contributed by atoms with Crippen molar-refractivity contribution >= 4 is 33.2 Å². The van der Waals surface area contributed by atoms with Crippen LogP contribution in [0.1, 0.15) is 35.0 Å². The van der Waals surface area contributed by atoms with Crippen molar-refractivity contribution in [1.82, 2.24) is 5.32 Å². The Hall–Kier alpha value is -1.33. The molecule has 0 aliphatic rings. The van der Waals surface area contributed by atoms with Gasteiger partial charge < -0.3 is 10.1 Å². The average molecular weight is 368 g/mol. The molecule has 0 saturated carbocycles. The molecule has 112 valence electrons. The van der Waals surface area contributed by atoms with Crippen molar-refractivity contribution in [3.8, 4) is 5.75 Å². The number of carbonyl (C=O) groups excluding carboxylic acids is 1. The highest BCUT2D eigenvalue weighted by atomic mass is 79.9. The second kappa shape index (κ2) is 8.20. The number of benzene rings is 1. The Morgan fingerprint density at radius 3 is 2.71 bits per heavy atom. The lowest BCUT2D eigenvalue weighted by Crippen LogP contribution is -2.22. The Morgan fingerprint density at radius 1 is 1.33 bits per heavy atom. The Balaban J connectivity index is 1.84. The van der Waals surface area contributed by atoms with Gasteiger partial charge >= 0.3 is 0 Å². The highest BCUT2D eigenvalue weighted by molar-refractivity contribution is 9.10. The molecule has 21 heavy (non-hydrogen) atoms. The second-order valence-corrected chi connectivity index (χ2v) is 6.55. The van der Waals surface area contributed by atoms with Crippen LogP contribution in [0.5, 0.6) is 5.75 Å². The Morgan fingerprint density at radius 2 is 2.10 bits per heavy atom. The maximum Gasteiger partial charge on any atom is 0.251 e. The third-order valence-electron chi connectivity index (χ3n) is 2.93. The molecule has 1 amide bonds. The van der Waals surface area contributed by atoms with Crippen LogP contribution in [0.2, 0.25) is 0 Å². The van der Waals surface area contributed by atoms with E-state index in [0.29, 0.717) is 12.1 Å². The molecule has 0 aliphatic heterocycles. The average Bonchev–Trinajstić information content (AvgIpc) is 2.91. The minimum Gasteiger partial charge on any atom is -0.494 e. The molecule has 1 aromatic heterocycles. The maximum atomic E-state index is 12.0. The highest BCUT2D eigenvalue weighted by Gasteiger charge is 2.06. The van der Waals surface area contributed by atoms with E-state index in [4.69, 9.17) is 4.74 Å². The van der Waals surface area contributed by atoms with Gasteiger partial charge in [0.2, 0.25) is 0 Å². The van der Waals surface area contributed by atoms with E-state index in [1.54, 1.807) is 23.5 Å². The minimum absolute atomic E-state index is 0.0698. The number of ether oxygens (including phenoxy) is 1. The number of carbonyl (C=O) groups is 1. The van der Waals surface area contributed by atoms with Crippen molar-refractivity contribution in [1.29, 1.82) is 0 Å². The molecule has 5 heteroatoms. The van der Waals surface area contributed by atoms with Crippen LogP contribution in [0.4, 0.5) is 0 Å². The lowest BCUT2D eigenvalue weighted by molar-refractivity contribution is 0.0951. The summed E-state index contributed by atoms with van der Waals surface area (Å²) in [5.41, 5.74) is 0.647. The predicted molar refractivity (Wildman–Crippen MR) is 90.0 cm³/mol. The topological polar surface area (TPSA) is 38.3 Å². The Labute approximate surface area is 137 Å². The van der Waals surface area contributed by atoms with Gasteiger partial charge in [0.15, 0.2) is 0 Å². The van der Waals surface area contributed by atoms with Crippen LogP contribution in [0.3, 0.4) is 0 Å². The molecule has 0 fully saturated rings. The van der Waals surface area contributed by atoms with E-state index in [9.17, 15) is 4.79 Å². The van der Waals surface area contributed by atoms with Gasteiger partial charge in [-0.2, -0.15) is 0 Å². The van der Waals surface area contributed by atoms with Gasteiger partial charge in [0, 0.05) is 20.3 Å². The fraction of sp³-hybridized carbons (Fsp3) is 0.312. The molecular formula is C16H18BrNO2S. The minimum atomic E-state index is -0.0698. The molecule has 2 rings (SSSR count). The summed E-state index contributed by atoms with van der Waals surface area (Å²) >= 11 is 5.02. The largest absolute Gasteiger partial charge is 0.494 e. The molecule has 0 unspecified atom stereocenters. The number of halogens is 1. The van der Waals surface area contributed by atoms with Gasteiger partial charge in [-0.3, -0.25) is 4.79 Å². The summed E-state index contributed by atoms with van der Waals surface area (Å²) in [6, 6.07) is 9.27. The zero-order valence-electron chi connectivity index (χ0n) is 11.9. The smallest absolute Gasteiger partial charge is 0.251 e. The van der Waals surface area contributed by atoms with E-state index in [0.717, 1.165) is 34.5 Å². The van der Waals surface area contributed by atoms with Crippen LogP contribution in [0.15, 0.2) is 40.2 Å². The fourth-order valence-corrected chi connectivity index (χ4v) is 3.14. The monoisotopic (exact) mass is 367 g/mol. The highest BCUT2D eigenvalue weighted by Crippen LogP contribution is 2.19. The van der Waals surface area contributed by atoms with Gasteiger partial charge in [-0.25, -0.2) is 0 Å². The third kappa shape index (κ3) is 5.17. The number of unbranched alkanes of at least 4 members (excludes halogenated alkanes) is 1. The summed E-state index contributed by atoms with van der Waals surface area (Å²) in [4.78, 5) is 13.2. The van der Waals surface area contributed by atoms with Gasteiger partial charge in [-0.1, -0.05) is 13.3 Å². The van der Waals surface area contributed by atoms with E-state index in [1.807, 2.05) is 23.6 Å². The molecule has 1 aromatic carbocycles. The quantitative estimate of drug-likeness (QED) is 0.725. The second-order valence-electron chi connectivity index (χ2n) is 4.64. The first kappa shape index (κ1) is 16.0. The number of rotatable bonds is 7. The van der Waals surface area contributed by atoms with Crippen molar-refractivity contribution in [3.63, 3.8) is 0 Å². The van der Waals surface area contributed by atoms with E-state index in [-0.39, 0.29) is 5.91 Å². The zero-order valence-corrected chi connectivity index (χ0v) is 14.3. The van der Waals surface area contributed by atoms with Crippen LogP contribution in [0, 0.1) is 0 Å². The molecule has 0 spiro atoms. The van der Waals surface area contributed by atoms with Crippen molar-refractivity contribution < 1.29 is 9.53 Å². The fourth-order valence-electron chi connectivity index (χ4n) is 1.75. The Kier molecular flexibility index (Phi) is 6.26. The summed E-state index contributed by atoms with van der Waals surface area (Å²) < 4.78 is 6.62. The van der Waals surface area contributed by atoms with Crippen LogP contribution in [-0.2, 0) is 6.54 Å². The van der Waals surface area contributed by atoms with Crippen LogP contribution in [0.25, 0.3) is 0 Å². The molecular weight excluding hydrogens is 350 g/mol. The number of hydrogen-bond donors (Lipinski definition) is 1. The van der Waals surface area contributed by atoms with Crippen LogP contribution >= 0.6 is 27.3 Å². The normalized spacial score (nSPS) is 10.4. The summed E-state index contributed by atoms with van der Waals surface area (Å²) in [5.74, 6) is 0.738. The van der Waals surface area contributed by atoms with E-state index in [1.165, 1.54) is 0 Å². The summed E-state index contributed by atoms with van der Waals surface area (Å²) in [7, 11) is 0. The van der Waals surface area contributed by atoms with Gasteiger partial charge in [-0.15, -0.1) is 11.3 Å². The number of nitrogens with one attached hydrogen (secondary N) is 1.